The maximum Gasteiger partial charge on any atom is 0.223 e. The van der Waals surface area contributed by atoms with Crippen molar-refractivity contribution in [3.05, 3.63) is 53.7 Å². The Bertz CT molecular complexity index is 896. The second-order valence-electron chi connectivity index (χ2n) is 6.72. The normalized spacial score (nSPS) is 15.2. The number of hydrogen-bond donors (Lipinski definition) is 1. The van der Waals surface area contributed by atoms with Crippen LogP contribution in [-0.2, 0) is 24.3 Å². The molecule has 4 rings (SSSR count). The summed E-state index contributed by atoms with van der Waals surface area (Å²) in [5, 5.41) is 14.4. The quantitative estimate of drug-likeness (QED) is 0.761. The van der Waals surface area contributed by atoms with Crippen LogP contribution in [0.1, 0.15) is 43.0 Å². The van der Waals surface area contributed by atoms with E-state index < -0.39 is 6.10 Å². The number of aryl methyl sites for hydroxylation is 1. The molecule has 4 heterocycles. The van der Waals surface area contributed by atoms with Crippen LogP contribution in [0.5, 0.6) is 0 Å². The minimum absolute atomic E-state index is 0.132. The third-order valence-corrected chi connectivity index (χ3v) is 4.91. The number of rotatable bonds is 5. The Morgan fingerprint density at radius 2 is 2.23 bits per heavy atom. The molecule has 0 bridgehead atoms. The zero-order valence-electron chi connectivity index (χ0n) is 14.9. The summed E-state index contributed by atoms with van der Waals surface area (Å²) in [6.07, 6.45) is 5.12. The smallest absolute Gasteiger partial charge is 0.223 e. The minimum Gasteiger partial charge on any atom is -0.387 e. The van der Waals surface area contributed by atoms with Gasteiger partial charge in [-0.1, -0.05) is 13.0 Å². The molecule has 136 valence electrons. The molecule has 0 fully saturated rings. The molecule has 1 aliphatic rings. The van der Waals surface area contributed by atoms with Crippen molar-refractivity contribution in [3.8, 4) is 0 Å². The summed E-state index contributed by atoms with van der Waals surface area (Å²) in [5.74, 6) is 0.132. The molecular weight excluding hydrogens is 330 g/mol. The molecule has 1 N–H and O–H groups in total. The lowest BCUT2D eigenvalue weighted by Crippen LogP contribution is -2.38. The predicted molar refractivity (Wildman–Crippen MR) is 96.4 cm³/mol. The van der Waals surface area contributed by atoms with Crippen LogP contribution in [-0.4, -0.2) is 41.6 Å². The van der Waals surface area contributed by atoms with Gasteiger partial charge in [-0.3, -0.25) is 9.48 Å². The van der Waals surface area contributed by atoms with Crippen LogP contribution < -0.4 is 0 Å². The largest absolute Gasteiger partial charge is 0.387 e. The highest BCUT2D eigenvalue weighted by atomic mass is 16.3. The predicted octanol–water partition coefficient (Wildman–Crippen LogP) is 1.95. The van der Waals surface area contributed by atoms with Crippen molar-refractivity contribution in [2.24, 2.45) is 0 Å². The summed E-state index contributed by atoms with van der Waals surface area (Å²) >= 11 is 0. The Kier molecular flexibility index (Phi) is 4.46. The highest BCUT2D eigenvalue weighted by Crippen LogP contribution is 2.20. The van der Waals surface area contributed by atoms with E-state index in [4.69, 9.17) is 0 Å². The topological polar surface area (TPSA) is 75.7 Å². The van der Waals surface area contributed by atoms with Gasteiger partial charge in [0, 0.05) is 25.4 Å². The fourth-order valence-electron chi connectivity index (χ4n) is 3.37. The summed E-state index contributed by atoms with van der Waals surface area (Å²) in [6.45, 7) is 3.80. The number of imidazole rings is 1. The summed E-state index contributed by atoms with van der Waals surface area (Å²) in [7, 11) is 0. The lowest BCUT2D eigenvalue weighted by molar-refractivity contribution is -0.132. The van der Waals surface area contributed by atoms with Crippen LogP contribution >= 0.6 is 0 Å². The maximum atomic E-state index is 12.6. The van der Waals surface area contributed by atoms with Crippen LogP contribution in [0, 0.1) is 0 Å². The van der Waals surface area contributed by atoms with Crippen molar-refractivity contribution in [1.29, 1.82) is 0 Å². The molecule has 0 aromatic carbocycles. The molecule has 3 aromatic heterocycles. The molecule has 1 aliphatic heterocycles. The Labute approximate surface area is 151 Å². The Balaban J connectivity index is 1.39. The third-order valence-electron chi connectivity index (χ3n) is 4.91. The molecule has 3 aromatic rings. The number of carbonyl (C=O) groups excluding carboxylic acids is 1. The van der Waals surface area contributed by atoms with Crippen molar-refractivity contribution in [2.45, 2.75) is 45.4 Å². The van der Waals surface area contributed by atoms with Crippen molar-refractivity contribution < 1.29 is 9.90 Å². The average molecular weight is 353 g/mol. The van der Waals surface area contributed by atoms with E-state index in [2.05, 4.69) is 10.1 Å². The first-order valence-corrected chi connectivity index (χ1v) is 9.09. The molecule has 0 saturated heterocycles. The molecular formula is C19H23N5O2. The molecule has 0 spiro atoms. The van der Waals surface area contributed by atoms with E-state index in [1.165, 1.54) is 0 Å². The molecule has 0 aliphatic carbocycles. The molecule has 0 unspecified atom stereocenters. The number of hydrogen-bond acceptors (Lipinski definition) is 4. The van der Waals surface area contributed by atoms with Crippen LogP contribution in [0.15, 0.2) is 36.7 Å². The zero-order valence-corrected chi connectivity index (χ0v) is 14.9. The monoisotopic (exact) mass is 353 g/mol. The van der Waals surface area contributed by atoms with Gasteiger partial charge in [-0.25, -0.2) is 4.98 Å². The Hall–Kier alpha value is -2.67. The first kappa shape index (κ1) is 16.8. The van der Waals surface area contributed by atoms with Gasteiger partial charge in [-0.15, -0.1) is 0 Å². The third kappa shape index (κ3) is 3.22. The second kappa shape index (κ2) is 6.92. The summed E-state index contributed by atoms with van der Waals surface area (Å²) < 4.78 is 3.87. The van der Waals surface area contributed by atoms with Gasteiger partial charge in [-0.2, -0.15) is 5.10 Å². The van der Waals surface area contributed by atoms with Gasteiger partial charge in [0.15, 0.2) is 0 Å². The molecule has 26 heavy (non-hydrogen) atoms. The first-order chi connectivity index (χ1) is 12.6. The summed E-state index contributed by atoms with van der Waals surface area (Å²) in [6, 6.07) is 7.79. The van der Waals surface area contributed by atoms with Gasteiger partial charge < -0.3 is 14.4 Å². The number of carbonyl (C=O) groups is 1. The molecule has 1 atom stereocenters. The fraction of sp³-hybridized carbons (Fsp3) is 0.421. The molecule has 1 amide bonds. The average Bonchev–Trinajstić information content (AvgIpc) is 3.28. The molecule has 7 nitrogen and oxygen atoms in total. The fourth-order valence-corrected chi connectivity index (χ4v) is 3.37. The standard InChI is InChI=1S/C19H23N5O2/c1-2-17(25)16-11-15-13-23(9-10-24(15)21-16)19(26)7-6-14-12-22-8-4-3-5-18(22)20-14/h3-5,8,11-12,17,25H,2,6-7,9-10,13H2,1H3/t17-/m1/s1. The highest BCUT2D eigenvalue weighted by molar-refractivity contribution is 5.76. The SMILES string of the molecule is CC[C@@H](O)c1cc2n(n1)CCN(C(=O)CCc1cn3ccccc3n1)C2. The van der Waals surface area contributed by atoms with Gasteiger partial charge in [0.1, 0.15) is 5.65 Å². The van der Waals surface area contributed by atoms with Crippen LogP contribution in [0.4, 0.5) is 0 Å². The Morgan fingerprint density at radius 1 is 1.35 bits per heavy atom. The number of fused-ring (bicyclic) bond motifs is 2. The number of amides is 1. The number of aliphatic hydroxyl groups excluding tert-OH is 1. The lowest BCUT2D eigenvalue weighted by Gasteiger charge is -2.27. The van der Waals surface area contributed by atoms with E-state index in [1.54, 1.807) is 0 Å². The second-order valence-corrected chi connectivity index (χ2v) is 6.72. The van der Waals surface area contributed by atoms with Gasteiger partial charge in [0.25, 0.3) is 0 Å². The van der Waals surface area contributed by atoms with Crippen molar-refractivity contribution >= 4 is 11.6 Å². The number of nitrogens with zero attached hydrogens (tertiary/aromatic N) is 5. The van der Waals surface area contributed by atoms with E-state index >= 15 is 0 Å². The van der Waals surface area contributed by atoms with Gasteiger partial charge >= 0.3 is 0 Å². The van der Waals surface area contributed by atoms with Crippen LogP contribution in [0.2, 0.25) is 0 Å². The van der Waals surface area contributed by atoms with E-state index in [0.717, 1.165) is 17.0 Å². The Morgan fingerprint density at radius 3 is 3.04 bits per heavy atom. The van der Waals surface area contributed by atoms with Crippen molar-refractivity contribution in [1.82, 2.24) is 24.1 Å². The number of pyridine rings is 1. The first-order valence-electron chi connectivity index (χ1n) is 9.09. The highest BCUT2D eigenvalue weighted by Gasteiger charge is 2.23. The van der Waals surface area contributed by atoms with Crippen molar-refractivity contribution in [2.75, 3.05) is 6.54 Å². The van der Waals surface area contributed by atoms with E-state index in [9.17, 15) is 9.90 Å². The zero-order chi connectivity index (χ0) is 18.1. The van der Waals surface area contributed by atoms with Crippen molar-refractivity contribution in [3.63, 3.8) is 0 Å². The molecule has 0 saturated carbocycles. The van der Waals surface area contributed by atoms with Crippen LogP contribution in [0.3, 0.4) is 0 Å². The maximum absolute atomic E-state index is 12.6. The van der Waals surface area contributed by atoms with Gasteiger partial charge in [0.05, 0.1) is 36.3 Å². The van der Waals surface area contributed by atoms with E-state index in [-0.39, 0.29) is 5.91 Å². The minimum atomic E-state index is -0.535. The van der Waals surface area contributed by atoms with E-state index in [1.807, 2.05) is 57.6 Å². The lowest BCUT2D eigenvalue weighted by atomic mass is 10.2. The number of aromatic nitrogens is 4. The number of aliphatic hydroxyl groups is 1. The molecule has 0 radical (unpaired) electrons. The van der Waals surface area contributed by atoms with Gasteiger partial charge in [-0.05, 0) is 31.0 Å². The molecule has 7 heteroatoms. The summed E-state index contributed by atoms with van der Waals surface area (Å²) in [5.41, 5.74) is 3.51. The van der Waals surface area contributed by atoms with Crippen LogP contribution in [0.25, 0.3) is 5.65 Å². The summed E-state index contributed by atoms with van der Waals surface area (Å²) in [4.78, 5) is 19.0. The van der Waals surface area contributed by atoms with Gasteiger partial charge in [0.2, 0.25) is 5.91 Å². The van der Waals surface area contributed by atoms with E-state index in [0.29, 0.717) is 44.6 Å².